The number of hydrogen-bond acceptors (Lipinski definition) is 7. The van der Waals surface area contributed by atoms with Crippen molar-refractivity contribution in [1.82, 2.24) is 0 Å². The fraction of sp³-hybridized carbons (Fsp3) is 0.118. The second kappa shape index (κ2) is 8.64. The number of hydrogen-bond donors (Lipinski definition) is 1. The highest BCUT2D eigenvalue weighted by molar-refractivity contribution is 6.31. The van der Waals surface area contributed by atoms with Crippen LogP contribution in [0.25, 0.3) is 0 Å². The maximum atomic E-state index is 12.1. The average Bonchev–Trinajstić information content (AvgIpc) is 2.66. The Morgan fingerprint density at radius 1 is 1.30 bits per heavy atom. The zero-order chi connectivity index (χ0) is 20.0. The fourth-order valence-corrected chi connectivity index (χ4v) is 2.25. The average molecular weight is 390 g/mol. The van der Waals surface area contributed by atoms with E-state index in [9.17, 15) is 19.7 Å². The predicted octanol–water partition coefficient (Wildman–Crippen LogP) is 2.92. The number of benzene rings is 2. The molecule has 0 bridgehead atoms. The van der Waals surface area contributed by atoms with Crippen molar-refractivity contribution in [3.8, 4) is 11.8 Å². The number of carbonyl (C=O) groups is 2. The van der Waals surface area contributed by atoms with Crippen LogP contribution < -0.4 is 10.1 Å². The van der Waals surface area contributed by atoms with Gasteiger partial charge in [0, 0.05) is 17.2 Å². The van der Waals surface area contributed by atoms with Gasteiger partial charge in [0.05, 0.1) is 23.3 Å². The van der Waals surface area contributed by atoms with Crippen LogP contribution in [0.1, 0.15) is 15.9 Å². The van der Waals surface area contributed by atoms with Crippen molar-refractivity contribution in [3.63, 3.8) is 0 Å². The molecule has 0 aliphatic carbocycles. The summed E-state index contributed by atoms with van der Waals surface area (Å²) in [6.45, 7) is -0.643. The molecular weight excluding hydrogens is 378 g/mol. The quantitative estimate of drug-likeness (QED) is 0.456. The third-order valence-corrected chi connectivity index (χ3v) is 3.56. The first-order valence-electron chi connectivity index (χ1n) is 7.34. The highest BCUT2D eigenvalue weighted by atomic mass is 35.5. The van der Waals surface area contributed by atoms with Gasteiger partial charge in [-0.2, -0.15) is 5.26 Å². The highest BCUT2D eigenvalue weighted by Gasteiger charge is 2.17. The van der Waals surface area contributed by atoms with Crippen LogP contribution in [0.2, 0.25) is 5.02 Å². The van der Waals surface area contributed by atoms with E-state index < -0.39 is 23.4 Å². The molecule has 0 saturated carbocycles. The van der Waals surface area contributed by atoms with Crippen molar-refractivity contribution in [2.45, 2.75) is 0 Å². The molecule has 9 nitrogen and oxygen atoms in total. The number of nitro benzene ring substituents is 1. The van der Waals surface area contributed by atoms with Gasteiger partial charge in [-0.3, -0.25) is 14.9 Å². The van der Waals surface area contributed by atoms with E-state index in [0.29, 0.717) is 0 Å². The molecule has 2 aromatic rings. The van der Waals surface area contributed by atoms with Crippen molar-refractivity contribution in [3.05, 3.63) is 62.7 Å². The number of nitro groups is 1. The first kappa shape index (κ1) is 19.7. The number of halogens is 1. The van der Waals surface area contributed by atoms with Gasteiger partial charge in [0.2, 0.25) is 0 Å². The Kier molecular flexibility index (Phi) is 6.30. The van der Waals surface area contributed by atoms with Gasteiger partial charge in [0.1, 0.15) is 17.4 Å². The molecule has 0 atom stereocenters. The molecule has 2 rings (SSSR count). The Hall–Kier alpha value is -3.64. The molecule has 0 unspecified atom stereocenters. The number of nitrogens with one attached hydrogen (secondary N) is 1. The van der Waals surface area contributed by atoms with Crippen molar-refractivity contribution in [2.24, 2.45) is 0 Å². The summed E-state index contributed by atoms with van der Waals surface area (Å²) in [4.78, 5) is 34.1. The molecule has 0 spiro atoms. The molecule has 0 aliphatic rings. The molecule has 27 heavy (non-hydrogen) atoms. The summed E-state index contributed by atoms with van der Waals surface area (Å²) < 4.78 is 9.95. The van der Waals surface area contributed by atoms with Crippen LogP contribution in [0.15, 0.2) is 36.4 Å². The molecule has 0 heterocycles. The Morgan fingerprint density at radius 2 is 2.04 bits per heavy atom. The van der Waals surface area contributed by atoms with Crippen molar-refractivity contribution in [2.75, 3.05) is 19.0 Å². The van der Waals surface area contributed by atoms with Crippen LogP contribution in [-0.2, 0) is 9.53 Å². The lowest BCUT2D eigenvalue weighted by Crippen LogP contribution is -2.21. The number of carbonyl (C=O) groups excluding carboxylic acids is 2. The Bertz CT molecular complexity index is 954. The predicted molar refractivity (Wildman–Crippen MR) is 94.7 cm³/mol. The molecule has 0 saturated heterocycles. The molecule has 0 aromatic heterocycles. The number of non-ortho nitro benzene ring substituents is 1. The van der Waals surface area contributed by atoms with E-state index in [1.165, 1.54) is 31.4 Å². The Labute approximate surface area is 158 Å². The lowest BCUT2D eigenvalue weighted by molar-refractivity contribution is -0.384. The second-order valence-electron chi connectivity index (χ2n) is 5.07. The molecule has 138 valence electrons. The smallest absolute Gasteiger partial charge is 0.342 e. The van der Waals surface area contributed by atoms with Gasteiger partial charge >= 0.3 is 5.97 Å². The summed E-state index contributed by atoms with van der Waals surface area (Å²) in [5.41, 5.74) is -0.278. The third kappa shape index (κ3) is 4.93. The van der Waals surface area contributed by atoms with Crippen LogP contribution >= 0.6 is 11.6 Å². The third-order valence-electron chi connectivity index (χ3n) is 3.32. The van der Waals surface area contributed by atoms with Crippen LogP contribution in [0.4, 0.5) is 11.4 Å². The topological polar surface area (TPSA) is 132 Å². The summed E-state index contributed by atoms with van der Waals surface area (Å²) in [5, 5.41) is 22.4. The zero-order valence-corrected chi connectivity index (χ0v) is 14.6. The van der Waals surface area contributed by atoms with Crippen LogP contribution in [-0.4, -0.2) is 30.5 Å². The molecular formula is C17H12ClN3O6. The molecule has 0 aliphatic heterocycles. The van der Waals surface area contributed by atoms with Gasteiger partial charge in [-0.05, 0) is 24.3 Å². The maximum Gasteiger partial charge on any atom is 0.342 e. The van der Waals surface area contributed by atoms with E-state index in [2.05, 4.69) is 5.32 Å². The van der Waals surface area contributed by atoms with Crippen LogP contribution in [0.5, 0.6) is 5.75 Å². The minimum absolute atomic E-state index is 0.0471. The SMILES string of the molecule is COc1ccc(Cl)cc1C(=O)OCC(=O)Nc1ccc([N+](=O)[O-])cc1C#N. The van der Waals surface area contributed by atoms with E-state index in [4.69, 9.17) is 26.3 Å². The minimum Gasteiger partial charge on any atom is -0.496 e. The zero-order valence-electron chi connectivity index (χ0n) is 13.9. The number of nitriles is 1. The first-order chi connectivity index (χ1) is 12.8. The lowest BCUT2D eigenvalue weighted by Gasteiger charge is -2.10. The van der Waals surface area contributed by atoms with Crippen molar-refractivity contribution < 1.29 is 24.0 Å². The fourth-order valence-electron chi connectivity index (χ4n) is 2.08. The normalized spacial score (nSPS) is 9.81. The van der Waals surface area contributed by atoms with E-state index in [1.807, 2.05) is 0 Å². The van der Waals surface area contributed by atoms with Gasteiger partial charge in [-0.15, -0.1) is 0 Å². The van der Waals surface area contributed by atoms with Gasteiger partial charge in [-0.25, -0.2) is 4.79 Å². The minimum atomic E-state index is -0.825. The largest absolute Gasteiger partial charge is 0.496 e. The van der Waals surface area contributed by atoms with Gasteiger partial charge < -0.3 is 14.8 Å². The molecule has 2 aromatic carbocycles. The van der Waals surface area contributed by atoms with E-state index in [-0.39, 0.29) is 33.3 Å². The molecule has 1 amide bonds. The van der Waals surface area contributed by atoms with Gasteiger partial charge in [-0.1, -0.05) is 11.6 Å². The van der Waals surface area contributed by atoms with E-state index in [0.717, 1.165) is 12.1 Å². The number of anilines is 1. The Balaban J connectivity index is 2.05. The van der Waals surface area contributed by atoms with Gasteiger partial charge in [0.25, 0.3) is 11.6 Å². The van der Waals surface area contributed by atoms with Crippen LogP contribution in [0, 0.1) is 21.4 Å². The molecule has 0 radical (unpaired) electrons. The molecule has 10 heteroatoms. The Morgan fingerprint density at radius 3 is 2.67 bits per heavy atom. The number of amides is 1. The summed E-state index contributed by atoms with van der Waals surface area (Å²) in [5.74, 6) is -1.32. The van der Waals surface area contributed by atoms with Crippen LogP contribution in [0.3, 0.4) is 0 Å². The van der Waals surface area contributed by atoms with Crippen molar-refractivity contribution >= 4 is 34.9 Å². The number of ether oxygens (including phenoxy) is 2. The number of methoxy groups -OCH3 is 1. The second-order valence-corrected chi connectivity index (χ2v) is 5.50. The summed E-state index contributed by atoms with van der Waals surface area (Å²) in [7, 11) is 1.37. The highest BCUT2D eigenvalue weighted by Crippen LogP contribution is 2.24. The maximum absolute atomic E-state index is 12.1. The van der Waals surface area contributed by atoms with Crippen molar-refractivity contribution in [1.29, 1.82) is 5.26 Å². The van der Waals surface area contributed by atoms with E-state index >= 15 is 0 Å². The summed E-state index contributed by atoms with van der Waals surface area (Å²) >= 11 is 5.84. The lowest BCUT2D eigenvalue weighted by atomic mass is 10.1. The number of nitrogens with zero attached hydrogens (tertiary/aromatic N) is 2. The number of esters is 1. The van der Waals surface area contributed by atoms with Gasteiger partial charge in [0.15, 0.2) is 6.61 Å². The summed E-state index contributed by atoms with van der Waals surface area (Å²) in [6.07, 6.45) is 0. The monoisotopic (exact) mass is 389 g/mol. The standard InChI is InChI=1S/C17H12ClN3O6/c1-26-15-5-2-11(18)7-13(15)17(23)27-9-16(22)20-14-4-3-12(21(24)25)6-10(14)8-19/h2-7H,9H2,1H3,(H,20,22). The first-order valence-corrected chi connectivity index (χ1v) is 7.72. The number of rotatable bonds is 6. The van der Waals surface area contributed by atoms with E-state index in [1.54, 1.807) is 6.07 Å². The molecule has 1 N–H and O–H groups in total. The summed E-state index contributed by atoms with van der Waals surface area (Å²) in [6, 6.07) is 9.48. The molecule has 0 fully saturated rings.